The Morgan fingerprint density at radius 3 is 2.38 bits per heavy atom. The number of ether oxygens (including phenoxy) is 1. The third kappa shape index (κ3) is 3.36. The summed E-state index contributed by atoms with van der Waals surface area (Å²) in [6.45, 7) is 0. The maximum Gasteiger partial charge on any atom is 0.337 e. The molecule has 0 fully saturated rings. The van der Waals surface area contributed by atoms with Crippen molar-refractivity contribution in [2.75, 3.05) is 12.4 Å². The predicted octanol–water partition coefficient (Wildman–Crippen LogP) is 2.78. The topological polar surface area (TPSA) is 75.6 Å². The highest BCUT2D eigenvalue weighted by Gasteiger charge is 2.14. The highest BCUT2D eigenvalue weighted by Crippen LogP contribution is 2.23. The van der Waals surface area contributed by atoms with E-state index in [1.807, 2.05) is 0 Å². The van der Waals surface area contributed by atoms with Crippen molar-refractivity contribution >= 4 is 17.6 Å². The molecule has 0 bridgehead atoms. The van der Waals surface area contributed by atoms with Crippen molar-refractivity contribution < 1.29 is 23.8 Å². The van der Waals surface area contributed by atoms with E-state index >= 15 is 0 Å². The summed E-state index contributed by atoms with van der Waals surface area (Å²) < 4.78 is 17.8. The molecule has 0 aromatic heterocycles. The lowest BCUT2D eigenvalue weighted by molar-refractivity contribution is 0.0698. The van der Waals surface area contributed by atoms with Crippen molar-refractivity contribution in [1.29, 1.82) is 0 Å². The molecule has 0 radical (unpaired) electrons. The number of hydrogen-bond acceptors (Lipinski definition) is 3. The van der Waals surface area contributed by atoms with E-state index in [9.17, 15) is 14.0 Å². The number of amides is 1. The number of anilines is 1. The first kappa shape index (κ1) is 14.5. The maximum atomic E-state index is 12.8. The molecule has 0 heterocycles. The van der Waals surface area contributed by atoms with Gasteiger partial charge in [0.05, 0.1) is 18.4 Å². The van der Waals surface area contributed by atoms with Gasteiger partial charge in [-0.05, 0) is 36.4 Å². The largest absolute Gasteiger partial charge is 0.497 e. The predicted molar refractivity (Wildman–Crippen MR) is 74.3 cm³/mol. The Balaban J connectivity index is 2.31. The van der Waals surface area contributed by atoms with E-state index in [1.165, 1.54) is 37.4 Å². The quantitative estimate of drug-likeness (QED) is 0.907. The minimum absolute atomic E-state index is 0.0636. The second kappa shape index (κ2) is 6.04. The molecule has 1 amide bonds. The van der Waals surface area contributed by atoms with Crippen LogP contribution in [0.4, 0.5) is 10.1 Å². The molecule has 0 saturated heterocycles. The van der Waals surface area contributed by atoms with E-state index in [0.29, 0.717) is 5.75 Å². The molecule has 5 nitrogen and oxygen atoms in total. The van der Waals surface area contributed by atoms with Crippen LogP contribution in [0.25, 0.3) is 0 Å². The van der Waals surface area contributed by atoms with Gasteiger partial charge in [-0.25, -0.2) is 9.18 Å². The lowest BCUT2D eigenvalue weighted by atomic mass is 10.1. The molecule has 2 N–H and O–H groups in total. The zero-order chi connectivity index (χ0) is 15.4. The van der Waals surface area contributed by atoms with E-state index in [1.54, 1.807) is 0 Å². The van der Waals surface area contributed by atoms with Crippen molar-refractivity contribution in [2.24, 2.45) is 0 Å². The van der Waals surface area contributed by atoms with Crippen LogP contribution >= 0.6 is 0 Å². The first-order valence-electron chi connectivity index (χ1n) is 5.99. The molecule has 0 atom stereocenters. The van der Waals surface area contributed by atoms with Gasteiger partial charge < -0.3 is 15.2 Å². The van der Waals surface area contributed by atoms with E-state index in [4.69, 9.17) is 9.84 Å². The zero-order valence-electron chi connectivity index (χ0n) is 11.1. The summed E-state index contributed by atoms with van der Waals surface area (Å²) in [4.78, 5) is 23.2. The first-order chi connectivity index (χ1) is 10.0. The molecular weight excluding hydrogens is 277 g/mol. The van der Waals surface area contributed by atoms with Crippen LogP contribution in [-0.4, -0.2) is 24.1 Å². The van der Waals surface area contributed by atoms with E-state index < -0.39 is 17.7 Å². The Labute approximate surface area is 120 Å². The molecule has 2 aromatic rings. The highest BCUT2D eigenvalue weighted by atomic mass is 19.1. The van der Waals surface area contributed by atoms with Gasteiger partial charge in [-0.3, -0.25) is 4.79 Å². The van der Waals surface area contributed by atoms with Crippen LogP contribution in [0.5, 0.6) is 5.75 Å². The number of carbonyl (C=O) groups excluding carboxylic acids is 1. The maximum absolute atomic E-state index is 12.8. The average Bonchev–Trinajstić information content (AvgIpc) is 2.47. The number of methoxy groups -OCH3 is 1. The van der Waals surface area contributed by atoms with Crippen molar-refractivity contribution in [3.05, 3.63) is 59.4 Å². The number of aromatic carboxylic acids is 1. The minimum atomic E-state index is -1.17. The molecular formula is C15H12FNO4. The monoisotopic (exact) mass is 289 g/mol. The van der Waals surface area contributed by atoms with Crippen LogP contribution < -0.4 is 10.1 Å². The molecule has 0 spiro atoms. The van der Waals surface area contributed by atoms with Gasteiger partial charge in [-0.15, -0.1) is 0 Å². The fraction of sp³-hybridized carbons (Fsp3) is 0.0667. The molecule has 0 saturated carbocycles. The molecule has 0 aliphatic heterocycles. The molecule has 0 aliphatic carbocycles. The average molecular weight is 289 g/mol. The summed E-state index contributed by atoms with van der Waals surface area (Å²) in [5, 5.41) is 11.6. The third-order valence-electron chi connectivity index (χ3n) is 2.81. The van der Waals surface area contributed by atoms with Crippen LogP contribution in [0.3, 0.4) is 0 Å². The first-order valence-corrected chi connectivity index (χ1v) is 5.99. The molecule has 2 rings (SSSR count). The fourth-order valence-electron chi connectivity index (χ4n) is 1.74. The molecule has 21 heavy (non-hydrogen) atoms. The zero-order valence-corrected chi connectivity index (χ0v) is 11.1. The lowest BCUT2D eigenvalue weighted by Crippen LogP contribution is -2.15. The van der Waals surface area contributed by atoms with Crippen LogP contribution in [0.15, 0.2) is 42.5 Å². The SMILES string of the molecule is COc1ccc(C(=O)O)c(NC(=O)c2ccc(F)cc2)c1. The summed E-state index contributed by atoms with van der Waals surface area (Å²) in [5.41, 5.74) is 0.262. The smallest absolute Gasteiger partial charge is 0.337 e. The van der Waals surface area contributed by atoms with E-state index in [2.05, 4.69) is 5.32 Å². The van der Waals surface area contributed by atoms with Gasteiger partial charge in [0.1, 0.15) is 11.6 Å². The number of carboxylic acid groups (broad SMARTS) is 1. The number of benzene rings is 2. The Hall–Kier alpha value is -2.89. The number of halogens is 1. The number of hydrogen-bond donors (Lipinski definition) is 2. The van der Waals surface area contributed by atoms with Gasteiger partial charge in [0.25, 0.3) is 5.91 Å². The lowest BCUT2D eigenvalue weighted by Gasteiger charge is -2.10. The summed E-state index contributed by atoms with van der Waals surface area (Å²) >= 11 is 0. The Kier molecular flexibility index (Phi) is 4.18. The molecule has 0 unspecified atom stereocenters. The van der Waals surface area contributed by atoms with Crippen LogP contribution in [-0.2, 0) is 0 Å². The number of carbonyl (C=O) groups is 2. The molecule has 108 valence electrons. The van der Waals surface area contributed by atoms with Gasteiger partial charge in [0, 0.05) is 11.6 Å². The number of nitrogens with one attached hydrogen (secondary N) is 1. The number of carboxylic acids is 1. The van der Waals surface area contributed by atoms with Crippen molar-refractivity contribution in [2.45, 2.75) is 0 Å². The summed E-state index contributed by atoms with van der Waals surface area (Å²) in [6.07, 6.45) is 0. The fourth-order valence-corrected chi connectivity index (χ4v) is 1.74. The highest BCUT2D eigenvalue weighted by molar-refractivity contribution is 6.07. The molecule has 6 heteroatoms. The Morgan fingerprint density at radius 1 is 1.14 bits per heavy atom. The minimum Gasteiger partial charge on any atom is -0.497 e. The van der Waals surface area contributed by atoms with Crippen molar-refractivity contribution in [1.82, 2.24) is 0 Å². The number of rotatable bonds is 4. The van der Waals surface area contributed by atoms with Gasteiger partial charge in [-0.2, -0.15) is 0 Å². The van der Waals surface area contributed by atoms with Crippen LogP contribution in [0, 0.1) is 5.82 Å². The van der Waals surface area contributed by atoms with Crippen molar-refractivity contribution in [3.8, 4) is 5.75 Å². The second-order valence-corrected chi connectivity index (χ2v) is 4.18. The van der Waals surface area contributed by atoms with Gasteiger partial charge in [0.2, 0.25) is 0 Å². The summed E-state index contributed by atoms with van der Waals surface area (Å²) in [6, 6.07) is 9.15. The second-order valence-electron chi connectivity index (χ2n) is 4.18. The van der Waals surface area contributed by atoms with Crippen LogP contribution in [0.2, 0.25) is 0 Å². The van der Waals surface area contributed by atoms with Gasteiger partial charge in [0.15, 0.2) is 0 Å². The normalized spacial score (nSPS) is 10.0. The molecule has 2 aromatic carbocycles. The summed E-state index contributed by atoms with van der Waals surface area (Å²) in [5.74, 6) is -1.76. The Morgan fingerprint density at radius 2 is 1.81 bits per heavy atom. The van der Waals surface area contributed by atoms with E-state index in [0.717, 1.165) is 12.1 Å². The standard InChI is InChI=1S/C15H12FNO4/c1-21-11-6-7-12(15(19)20)13(8-11)17-14(18)9-2-4-10(16)5-3-9/h2-8H,1H3,(H,17,18)(H,19,20). The van der Waals surface area contributed by atoms with Gasteiger partial charge in [-0.1, -0.05) is 0 Å². The summed E-state index contributed by atoms with van der Waals surface area (Å²) in [7, 11) is 1.43. The Bertz CT molecular complexity index is 683. The van der Waals surface area contributed by atoms with Crippen LogP contribution in [0.1, 0.15) is 20.7 Å². The third-order valence-corrected chi connectivity index (χ3v) is 2.81. The van der Waals surface area contributed by atoms with E-state index in [-0.39, 0.29) is 16.8 Å². The van der Waals surface area contributed by atoms with Gasteiger partial charge >= 0.3 is 5.97 Å². The van der Waals surface area contributed by atoms with Crippen molar-refractivity contribution in [3.63, 3.8) is 0 Å². The molecule has 0 aliphatic rings.